The molecule has 0 aromatic heterocycles. The van der Waals surface area contributed by atoms with Gasteiger partial charge in [0.05, 0.1) is 57.4 Å². The number of amides is 2. The highest BCUT2D eigenvalue weighted by atomic mass is 16.8. The fourth-order valence-corrected chi connectivity index (χ4v) is 8.04. The van der Waals surface area contributed by atoms with Gasteiger partial charge in [0.2, 0.25) is 11.8 Å². The average molecular weight is 951 g/mol. The lowest BCUT2D eigenvalue weighted by molar-refractivity contribution is -0.385. The van der Waals surface area contributed by atoms with Crippen molar-refractivity contribution < 1.29 is 119 Å². The molecule has 0 aliphatic carbocycles. The summed E-state index contributed by atoms with van der Waals surface area (Å²) in [4.78, 5) is 25.2. The maximum atomic E-state index is 12.9. The number of rotatable bonds is 19. The molecular formula is C39H70N2O24. The van der Waals surface area contributed by atoms with Crippen LogP contribution >= 0.6 is 0 Å². The second-order valence-corrected chi connectivity index (χ2v) is 17.8. The van der Waals surface area contributed by atoms with Gasteiger partial charge in [-0.25, -0.2) is 0 Å². The fraction of sp³-hybridized carbons (Fsp3) is 0.949. The third-order valence-corrected chi connectivity index (χ3v) is 11.7. The van der Waals surface area contributed by atoms with E-state index in [-0.39, 0.29) is 0 Å². The minimum atomic E-state index is -2.09. The van der Waals surface area contributed by atoms with E-state index in [1.165, 1.54) is 20.8 Å². The first-order valence-electron chi connectivity index (χ1n) is 21.4. The Hall–Kier alpha value is -1.94. The van der Waals surface area contributed by atoms with Gasteiger partial charge in [0.15, 0.2) is 25.2 Å². The number of aliphatic hydroxyl groups excluding tert-OH is 13. The van der Waals surface area contributed by atoms with E-state index in [4.69, 9.17) is 42.6 Å². The van der Waals surface area contributed by atoms with E-state index in [1.807, 2.05) is 0 Å². The highest BCUT2D eigenvalue weighted by Crippen LogP contribution is 2.38. The van der Waals surface area contributed by atoms with Crippen molar-refractivity contribution >= 4 is 11.8 Å². The van der Waals surface area contributed by atoms with Gasteiger partial charge >= 0.3 is 0 Å². The summed E-state index contributed by atoms with van der Waals surface area (Å²) in [6.45, 7) is 5.77. The summed E-state index contributed by atoms with van der Waals surface area (Å²) < 4.78 is 53.6. The molecule has 0 aromatic rings. The van der Waals surface area contributed by atoms with Gasteiger partial charge in [-0.3, -0.25) is 9.59 Å². The van der Waals surface area contributed by atoms with Crippen molar-refractivity contribution in [1.29, 1.82) is 0 Å². The first-order valence-corrected chi connectivity index (χ1v) is 21.4. The van der Waals surface area contributed by atoms with E-state index in [1.54, 1.807) is 20.8 Å². The fourth-order valence-electron chi connectivity index (χ4n) is 8.04. The van der Waals surface area contributed by atoms with Gasteiger partial charge in [0, 0.05) is 13.8 Å². The van der Waals surface area contributed by atoms with E-state index < -0.39 is 197 Å². The van der Waals surface area contributed by atoms with Gasteiger partial charge in [-0.15, -0.1) is 0 Å². The molecule has 4 saturated heterocycles. The summed E-state index contributed by atoms with van der Waals surface area (Å²) in [7, 11) is 0. The first kappa shape index (κ1) is 55.7. The van der Waals surface area contributed by atoms with Crippen LogP contribution in [-0.4, -0.2) is 258 Å². The van der Waals surface area contributed by atoms with Crippen molar-refractivity contribution in [2.75, 3.05) is 33.0 Å². The summed E-state index contributed by atoms with van der Waals surface area (Å²) in [5.74, 6) is -1.36. The smallest absolute Gasteiger partial charge is 0.217 e. The van der Waals surface area contributed by atoms with Crippen LogP contribution in [0, 0.1) is 5.41 Å². The van der Waals surface area contributed by atoms with E-state index in [9.17, 15) is 76.0 Å². The lowest BCUT2D eigenvalue weighted by Gasteiger charge is -2.52. The van der Waals surface area contributed by atoms with Crippen molar-refractivity contribution in [2.24, 2.45) is 5.41 Å². The molecule has 4 rings (SSSR count). The van der Waals surface area contributed by atoms with Crippen LogP contribution in [0.25, 0.3) is 0 Å². The molecule has 15 N–H and O–H groups in total. The molecule has 4 fully saturated rings. The highest BCUT2D eigenvalue weighted by Gasteiger charge is 2.57. The van der Waals surface area contributed by atoms with Crippen molar-refractivity contribution in [3.05, 3.63) is 0 Å². The third-order valence-electron chi connectivity index (χ3n) is 11.7. The van der Waals surface area contributed by atoms with Gasteiger partial charge in [0.1, 0.15) is 97.6 Å². The molecule has 0 aromatic carbocycles. The number of carbonyl (C=O) groups excluding carboxylic acids is 2. The Morgan fingerprint density at radius 2 is 1.05 bits per heavy atom. The van der Waals surface area contributed by atoms with Crippen LogP contribution in [0.15, 0.2) is 0 Å². The molecule has 4 aliphatic heterocycles. The van der Waals surface area contributed by atoms with E-state index >= 15 is 0 Å². The lowest BCUT2D eigenvalue weighted by Crippen LogP contribution is -2.71. The van der Waals surface area contributed by atoms with Gasteiger partial charge in [-0.1, -0.05) is 20.8 Å². The molecule has 0 bridgehead atoms. The van der Waals surface area contributed by atoms with E-state index in [0.717, 1.165) is 6.92 Å². The summed E-state index contributed by atoms with van der Waals surface area (Å²) in [5, 5.41) is 144. The molecule has 26 nitrogen and oxygen atoms in total. The zero-order chi connectivity index (χ0) is 48.8. The molecule has 4 heterocycles. The molecule has 26 heteroatoms. The maximum absolute atomic E-state index is 12.9. The summed E-state index contributed by atoms with van der Waals surface area (Å²) in [6, 6.07) is -2.86. The van der Waals surface area contributed by atoms with E-state index in [0.29, 0.717) is 0 Å². The Kier molecular flexibility index (Phi) is 20.6. The Balaban J connectivity index is 1.76. The molecule has 2 amide bonds. The molecule has 380 valence electrons. The highest BCUT2D eigenvalue weighted by molar-refractivity contribution is 5.73. The van der Waals surface area contributed by atoms with E-state index in [2.05, 4.69) is 10.6 Å². The number of hydrogen-bond donors (Lipinski definition) is 15. The normalized spacial score (nSPS) is 42.4. The quantitative estimate of drug-likeness (QED) is 0.0535. The Bertz CT molecular complexity index is 1480. The van der Waals surface area contributed by atoms with Crippen LogP contribution < -0.4 is 10.6 Å². The second-order valence-electron chi connectivity index (χ2n) is 17.8. The van der Waals surface area contributed by atoms with Gasteiger partial charge in [-0.05, 0) is 19.3 Å². The largest absolute Gasteiger partial charge is 0.394 e. The first-order chi connectivity index (χ1) is 30.4. The van der Waals surface area contributed by atoms with Crippen LogP contribution in [0.5, 0.6) is 0 Å². The van der Waals surface area contributed by atoms with Crippen LogP contribution in [0.1, 0.15) is 48.5 Å². The topological polar surface area (TPSA) is 404 Å². The molecule has 0 spiro atoms. The van der Waals surface area contributed by atoms with Gasteiger partial charge in [-0.2, -0.15) is 0 Å². The number of ether oxygens (including phenoxy) is 9. The molecule has 65 heavy (non-hydrogen) atoms. The molecule has 0 saturated carbocycles. The molecule has 4 aliphatic rings. The minimum absolute atomic E-state index is 0.536. The predicted molar refractivity (Wildman–Crippen MR) is 212 cm³/mol. The summed E-state index contributed by atoms with van der Waals surface area (Å²) >= 11 is 0. The number of nitrogens with one attached hydrogen (secondary N) is 2. The molecule has 22 unspecified atom stereocenters. The zero-order valence-corrected chi connectivity index (χ0v) is 37.2. The van der Waals surface area contributed by atoms with Gasteiger partial charge < -0.3 is 120 Å². The summed E-state index contributed by atoms with van der Waals surface area (Å²) in [5.41, 5.74) is -0.701. The van der Waals surface area contributed by atoms with Crippen molar-refractivity contribution in [1.82, 2.24) is 10.6 Å². The Morgan fingerprint density at radius 3 is 1.55 bits per heavy atom. The maximum Gasteiger partial charge on any atom is 0.217 e. The van der Waals surface area contributed by atoms with Crippen LogP contribution in [0.2, 0.25) is 0 Å². The molecular weight excluding hydrogens is 880 g/mol. The number of hydrogen-bond acceptors (Lipinski definition) is 24. The lowest BCUT2D eigenvalue weighted by atomic mass is 9.78. The monoisotopic (exact) mass is 950 g/mol. The average Bonchev–Trinajstić information content (AvgIpc) is 3.24. The second kappa shape index (κ2) is 24.1. The van der Waals surface area contributed by atoms with Crippen molar-refractivity contribution in [3.8, 4) is 0 Å². The molecule has 0 radical (unpaired) electrons. The SMILES string of the molecule is CC(=O)NC1C(OC2C(O)C(CO)OC(OC3C(CO)OC(C(C)(C)C)C(NC(C)=O)C3O)C2O)OC(CO)C(OC2OC(CO)C(O)C(O)C2O)C1OC(OC(C)[C@H](C)O)[C@H](O)CO. The summed E-state index contributed by atoms with van der Waals surface area (Å²) in [6.07, 6.45) is -37.3. The van der Waals surface area contributed by atoms with Crippen molar-refractivity contribution in [3.63, 3.8) is 0 Å². The van der Waals surface area contributed by atoms with Crippen LogP contribution in [0.3, 0.4) is 0 Å². The number of aliphatic hydroxyl groups is 13. The standard InChI is InChI=1S/C39H70N2O24/c1-13(47)14(2)57-35(17(50)8-42)64-32-23(41-16(4)49)36(61-21(12-46)31(32)63-37-28(55)27(54)24(51)18(9-43)59-37)65-33-25(52)19(10-44)60-38(29(33)56)62-30-20(11-45)58-34(39(5,6)7)22(26(30)53)40-15(3)48/h13-14,17-38,42-47,50-56H,8-12H2,1-7H3,(H,40,48)(H,41,49)/t13-,14?,17+,18?,19?,20?,21?,22?,23?,24?,25?,26?,27?,28?,29?,30?,31?,32?,33?,34?,35?,36?,37?,38?/m0/s1. The Morgan fingerprint density at radius 1 is 0.569 bits per heavy atom. The molecule has 24 atom stereocenters. The van der Waals surface area contributed by atoms with Gasteiger partial charge in [0.25, 0.3) is 0 Å². The predicted octanol–water partition coefficient (Wildman–Crippen LogP) is -7.88. The van der Waals surface area contributed by atoms with Crippen molar-refractivity contribution in [2.45, 2.75) is 196 Å². The number of carbonyl (C=O) groups is 2. The Labute approximate surface area is 374 Å². The zero-order valence-electron chi connectivity index (χ0n) is 37.2. The minimum Gasteiger partial charge on any atom is -0.394 e. The van der Waals surface area contributed by atoms with Crippen LogP contribution in [-0.2, 0) is 52.2 Å². The van der Waals surface area contributed by atoms with Crippen LogP contribution in [0.4, 0.5) is 0 Å². The third kappa shape index (κ3) is 13.2.